The molecular weight excluding hydrogens is 292 g/mol. The van der Waals surface area contributed by atoms with E-state index >= 15 is 0 Å². The number of hydrogen-bond acceptors (Lipinski definition) is 4. The summed E-state index contributed by atoms with van der Waals surface area (Å²) in [7, 11) is 0. The molecule has 0 atom stereocenters. The quantitative estimate of drug-likeness (QED) is 0.864. The van der Waals surface area contributed by atoms with Gasteiger partial charge in [-0.05, 0) is 38.0 Å². The lowest BCUT2D eigenvalue weighted by Gasteiger charge is -2.33. The van der Waals surface area contributed by atoms with E-state index in [2.05, 4.69) is 15.3 Å². The van der Waals surface area contributed by atoms with E-state index in [9.17, 15) is 9.59 Å². The molecule has 6 heteroatoms. The summed E-state index contributed by atoms with van der Waals surface area (Å²) in [5.74, 6) is 0.795. The zero-order chi connectivity index (χ0) is 16.2. The number of aromatic nitrogens is 2. The van der Waals surface area contributed by atoms with Crippen LogP contribution in [0.5, 0.6) is 0 Å². The smallest absolute Gasteiger partial charge is 0.268 e. The maximum atomic E-state index is 12.1. The van der Waals surface area contributed by atoms with Crippen molar-refractivity contribution in [2.45, 2.75) is 58.0 Å². The molecule has 0 spiro atoms. The number of anilines is 1. The molecule has 23 heavy (non-hydrogen) atoms. The fourth-order valence-electron chi connectivity index (χ4n) is 3.09. The first-order chi connectivity index (χ1) is 11.2. The number of hydrogen-bond donors (Lipinski definition) is 1. The fourth-order valence-corrected chi connectivity index (χ4v) is 3.09. The van der Waals surface area contributed by atoms with Crippen LogP contribution in [0.15, 0.2) is 17.1 Å². The van der Waals surface area contributed by atoms with Crippen molar-refractivity contribution >= 4 is 11.6 Å². The Kier molecular flexibility index (Phi) is 4.98. The lowest BCUT2D eigenvalue weighted by molar-refractivity contribution is -0.121. The highest BCUT2D eigenvalue weighted by Gasteiger charge is 2.24. The van der Waals surface area contributed by atoms with Crippen LogP contribution in [-0.2, 0) is 11.3 Å². The van der Waals surface area contributed by atoms with E-state index in [1.807, 2.05) is 6.92 Å². The molecule has 1 aromatic rings. The normalized spacial score (nSPS) is 18.9. The van der Waals surface area contributed by atoms with Crippen LogP contribution in [0.25, 0.3) is 0 Å². The first-order valence-corrected chi connectivity index (χ1v) is 8.77. The van der Waals surface area contributed by atoms with Crippen LogP contribution in [0.4, 0.5) is 5.69 Å². The molecule has 0 radical (unpaired) electrons. The molecule has 1 N–H and O–H groups in total. The Hall–Kier alpha value is -1.85. The zero-order valence-corrected chi connectivity index (χ0v) is 13.8. The number of carbonyl (C=O) groups is 1. The van der Waals surface area contributed by atoms with Crippen LogP contribution in [0.1, 0.15) is 45.4 Å². The van der Waals surface area contributed by atoms with Gasteiger partial charge in [-0.2, -0.15) is 5.10 Å². The molecular formula is C17H26N4O2. The van der Waals surface area contributed by atoms with Gasteiger partial charge in [0.1, 0.15) is 0 Å². The van der Waals surface area contributed by atoms with E-state index in [4.69, 9.17) is 0 Å². The van der Waals surface area contributed by atoms with Gasteiger partial charge in [0.05, 0.1) is 11.9 Å². The summed E-state index contributed by atoms with van der Waals surface area (Å²) in [6, 6.07) is 1.96. The molecule has 2 aliphatic rings. The highest BCUT2D eigenvalue weighted by Crippen LogP contribution is 2.29. The van der Waals surface area contributed by atoms with Gasteiger partial charge < -0.3 is 10.2 Å². The molecule has 6 nitrogen and oxygen atoms in total. The van der Waals surface area contributed by atoms with Crippen molar-refractivity contribution in [1.82, 2.24) is 15.1 Å². The molecule has 1 aromatic heterocycles. The van der Waals surface area contributed by atoms with Crippen molar-refractivity contribution in [3.8, 4) is 0 Å². The predicted molar refractivity (Wildman–Crippen MR) is 89.5 cm³/mol. The Labute approximate surface area is 136 Å². The van der Waals surface area contributed by atoms with Crippen molar-refractivity contribution in [3.63, 3.8) is 0 Å². The standard InChI is InChI=1S/C17H26N4O2/c1-2-3-16(22)19-14-6-8-20(9-7-14)15-10-17(23)21(18-11-15)12-13-4-5-13/h10-11,13-14H,2-9,12H2,1H3,(H,19,22). The number of nitrogens with one attached hydrogen (secondary N) is 1. The molecule has 1 saturated carbocycles. The van der Waals surface area contributed by atoms with E-state index < -0.39 is 0 Å². The molecule has 1 aliphatic carbocycles. The van der Waals surface area contributed by atoms with Crippen LogP contribution < -0.4 is 15.8 Å². The third-order valence-corrected chi connectivity index (χ3v) is 4.69. The van der Waals surface area contributed by atoms with Gasteiger partial charge in [0.25, 0.3) is 5.56 Å². The largest absolute Gasteiger partial charge is 0.370 e. The minimum absolute atomic E-state index is 0.00669. The van der Waals surface area contributed by atoms with Crippen LogP contribution in [0, 0.1) is 5.92 Å². The Balaban J connectivity index is 1.54. The summed E-state index contributed by atoms with van der Waals surface area (Å²) in [6.07, 6.45) is 7.55. The van der Waals surface area contributed by atoms with Gasteiger partial charge in [-0.15, -0.1) is 0 Å². The molecule has 1 aliphatic heterocycles. The number of amides is 1. The second-order valence-electron chi connectivity index (χ2n) is 6.76. The van der Waals surface area contributed by atoms with Gasteiger partial charge in [-0.25, -0.2) is 4.68 Å². The lowest BCUT2D eigenvalue weighted by Crippen LogP contribution is -2.45. The van der Waals surface area contributed by atoms with Gasteiger partial charge in [-0.1, -0.05) is 6.92 Å². The van der Waals surface area contributed by atoms with Gasteiger partial charge in [0, 0.05) is 38.2 Å². The number of piperidine rings is 1. The lowest BCUT2D eigenvalue weighted by atomic mass is 10.0. The van der Waals surface area contributed by atoms with Gasteiger partial charge in [0.2, 0.25) is 5.91 Å². The summed E-state index contributed by atoms with van der Waals surface area (Å²) in [5, 5.41) is 7.41. The molecule has 0 aromatic carbocycles. The molecule has 0 unspecified atom stereocenters. The summed E-state index contributed by atoms with van der Waals surface area (Å²) in [5.41, 5.74) is 0.896. The molecule has 2 fully saturated rings. The molecule has 126 valence electrons. The molecule has 1 saturated heterocycles. The minimum Gasteiger partial charge on any atom is -0.370 e. The number of rotatable bonds is 6. The summed E-state index contributed by atoms with van der Waals surface area (Å²) >= 11 is 0. The average Bonchev–Trinajstić information content (AvgIpc) is 3.34. The van der Waals surface area contributed by atoms with Crippen molar-refractivity contribution in [3.05, 3.63) is 22.6 Å². The fraction of sp³-hybridized carbons (Fsp3) is 0.706. The van der Waals surface area contributed by atoms with E-state index in [0.717, 1.165) is 44.6 Å². The summed E-state index contributed by atoms with van der Waals surface area (Å²) in [4.78, 5) is 26.0. The Morgan fingerprint density at radius 2 is 2.04 bits per heavy atom. The second kappa shape index (κ2) is 7.15. The molecule has 1 amide bonds. The van der Waals surface area contributed by atoms with Gasteiger partial charge >= 0.3 is 0 Å². The molecule has 0 bridgehead atoms. The van der Waals surface area contributed by atoms with Gasteiger partial charge in [-0.3, -0.25) is 9.59 Å². The van der Waals surface area contributed by atoms with E-state index in [1.54, 1.807) is 16.9 Å². The van der Waals surface area contributed by atoms with Crippen molar-refractivity contribution in [1.29, 1.82) is 0 Å². The van der Waals surface area contributed by atoms with Crippen LogP contribution in [0.3, 0.4) is 0 Å². The van der Waals surface area contributed by atoms with Gasteiger partial charge in [0.15, 0.2) is 0 Å². The van der Waals surface area contributed by atoms with Crippen LogP contribution in [-0.4, -0.2) is 34.8 Å². The highest BCUT2D eigenvalue weighted by atomic mass is 16.1. The number of carbonyl (C=O) groups excluding carboxylic acids is 1. The second-order valence-corrected chi connectivity index (χ2v) is 6.76. The highest BCUT2D eigenvalue weighted by molar-refractivity contribution is 5.76. The zero-order valence-electron chi connectivity index (χ0n) is 13.8. The summed E-state index contributed by atoms with van der Waals surface area (Å²) < 4.78 is 1.58. The molecule has 2 heterocycles. The Morgan fingerprint density at radius 3 is 2.65 bits per heavy atom. The Morgan fingerprint density at radius 1 is 1.30 bits per heavy atom. The minimum atomic E-state index is -0.00669. The first kappa shape index (κ1) is 16.0. The number of nitrogens with zero attached hydrogens (tertiary/aromatic N) is 3. The molecule has 3 rings (SSSR count). The van der Waals surface area contributed by atoms with E-state index in [1.165, 1.54) is 12.8 Å². The van der Waals surface area contributed by atoms with E-state index in [0.29, 0.717) is 12.3 Å². The van der Waals surface area contributed by atoms with Crippen LogP contribution in [0.2, 0.25) is 0 Å². The monoisotopic (exact) mass is 318 g/mol. The van der Waals surface area contributed by atoms with Crippen molar-refractivity contribution < 1.29 is 4.79 Å². The van der Waals surface area contributed by atoms with Crippen molar-refractivity contribution in [2.24, 2.45) is 5.92 Å². The average molecular weight is 318 g/mol. The first-order valence-electron chi connectivity index (χ1n) is 8.77. The SMILES string of the molecule is CCCC(=O)NC1CCN(c2cnn(CC3CC3)c(=O)c2)CC1. The predicted octanol–water partition coefficient (Wildman–Crippen LogP) is 1.54. The maximum Gasteiger partial charge on any atom is 0.268 e. The maximum absolute atomic E-state index is 12.1. The summed E-state index contributed by atoms with van der Waals surface area (Å²) in [6.45, 7) is 4.47. The topological polar surface area (TPSA) is 67.2 Å². The Bertz CT molecular complexity index is 601. The third-order valence-electron chi connectivity index (χ3n) is 4.69. The van der Waals surface area contributed by atoms with Crippen LogP contribution >= 0.6 is 0 Å². The van der Waals surface area contributed by atoms with E-state index in [-0.39, 0.29) is 17.5 Å². The third kappa shape index (κ3) is 4.33. The van der Waals surface area contributed by atoms with Crippen molar-refractivity contribution in [2.75, 3.05) is 18.0 Å².